The Morgan fingerprint density at radius 2 is 2.00 bits per heavy atom. The number of hydrogen-bond acceptors (Lipinski definition) is 1. The smallest absolute Gasteiger partial charge is 0.0377 e. The largest absolute Gasteiger partial charge is 0.382 e. The average Bonchev–Trinajstić information content (AvgIpc) is 2.04. The molecule has 1 heterocycles. The van der Waals surface area contributed by atoms with Crippen molar-refractivity contribution in [2.45, 2.75) is 32.2 Å². The third-order valence-corrected chi connectivity index (χ3v) is 2.60. The van der Waals surface area contributed by atoms with Gasteiger partial charge in [0.25, 0.3) is 0 Å². The Hall–Kier alpha value is -0.980. The normalized spacial score (nSPS) is 27.5. The third kappa shape index (κ3) is 1.20. The van der Waals surface area contributed by atoms with Crippen LogP contribution in [-0.2, 0) is 0 Å². The van der Waals surface area contributed by atoms with E-state index in [1.165, 1.54) is 17.7 Å². The van der Waals surface area contributed by atoms with E-state index in [9.17, 15) is 0 Å². The summed E-state index contributed by atoms with van der Waals surface area (Å²) in [5, 5.41) is 3.49. The van der Waals surface area contributed by atoms with Crippen molar-refractivity contribution in [2.75, 3.05) is 5.32 Å². The first kappa shape index (κ1) is 7.66. The van der Waals surface area contributed by atoms with Crippen LogP contribution >= 0.6 is 0 Å². The summed E-state index contributed by atoms with van der Waals surface area (Å²) >= 11 is 0. The number of para-hydroxylation sites is 1. The van der Waals surface area contributed by atoms with E-state index in [2.05, 4.69) is 43.4 Å². The lowest BCUT2D eigenvalue weighted by Crippen LogP contribution is -2.23. The minimum absolute atomic E-state index is 0.620. The first-order valence-corrected chi connectivity index (χ1v) is 4.63. The van der Waals surface area contributed by atoms with Crippen LogP contribution in [0.5, 0.6) is 0 Å². The summed E-state index contributed by atoms with van der Waals surface area (Å²) in [5.74, 6) is 0.706. The van der Waals surface area contributed by atoms with E-state index in [-0.39, 0.29) is 0 Å². The van der Waals surface area contributed by atoms with Gasteiger partial charge in [0, 0.05) is 11.7 Å². The molecule has 1 nitrogen and oxygen atoms in total. The zero-order valence-electron chi connectivity index (χ0n) is 7.67. The van der Waals surface area contributed by atoms with Crippen LogP contribution in [-0.4, -0.2) is 6.04 Å². The number of nitrogens with one attached hydrogen (secondary N) is 1. The van der Waals surface area contributed by atoms with Gasteiger partial charge in [-0.25, -0.2) is 0 Å². The van der Waals surface area contributed by atoms with E-state index >= 15 is 0 Å². The molecule has 1 aliphatic rings. The van der Waals surface area contributed by atoms with Crippen LogP contribution in [0, 0.1) is 0 Å². The Bertz CT molecular complexity index is 280. The third-order valence-electron chi connectivity index (χ3n) is 2.60. The highest BCUT2D eigenvalue weighted by Crippen LogP contribution is 2.33. The second-order valence-electron chi connectivity index (χ2n) is 3.77. The van der Waals surface area contributed by atoms with Gasteiger partial charge >= 0.3 is 0 Å². The number of hydrogen-bond donors (Lipinski definition) is 1. The van der Waals surface area contributed by atoms with Crippen LogP contribution in [0.2, 0.25) is 0 Å². The molecule has 0 saturated carbocycles. The van der Waals surface area contributed by atoms with E-state index in [1.54, 1.807) is 0 Å². The average molecular weight is 161 g/mol. The first-order chi connectivity index (χ1) is 5.77. The van der Waals surface area contributed by atoms with Crippen LogP contribution in [0.25, 0.3) is 0 Å². The Kier molecular flexibility index (Phi) is 1.80. The molecular formula is C11H15N. The highest BCUT2D eigenvalue weighted by molar-refractivity contribution is 5.55. The quantitative estimate of drug-likeness (QED) is 0.616. The van der Waals surface area contributed by atoms with Gasteiger partial charge in [0.05, 0.1) is 0 Å². The molecule has 0 fully saturated rings. The van der Waals surface area contributed by atoms with Crippen molar-refractivity contribution in [1.82, 2.24) is 0 Å². The van der Waals surface area contributed by atoms with Crippen molar-refractivity contribution < 1.29 is 0 Å². The molecule has 64 valence electrons. The van der Waals surface area contributed by atoms with Crippen LogP contribution in [0.1, 0.15) is 31.7 Å². The highest BCUT2D eigenvalue weighted by atomic mass is 14.9. The standard InChI is InChI=1S/C11H15N/c1-8-7-9(2)12-11-6-4-3-5-10(8)11/h3-6,8-9,12H,7H2,1-2H3/t8-,9+/m1/s1. The molecule has 0 amide bonds. The lowest BCUT2D eigenvalue weighted by molar-refractivity contribution is 0.590. The van der Waals surface area contributed by atoms with Gasteiger partial charge in [0.2, 0.25) is 0 Å². The van der Waals surface area contributed by atoms with Crippen LogP contribution in [0.15, 0.2) is 24.3 Å². The summed E-state index contributed by atoms with van der Waals surface area (Å²) in [6, 6.07) is 9.22. The van der Waals surface area contributed by atoms with Gasteiger partial charge in [-0.2, -0.15) is 0 Å². The molecule has 1 aromatic rings. The van der Waals surface area contributed by atoms with Crippen molar-refractivity contribution in [3.05, 3.63) is 29.8 Å². The van der Waals surface area contributed by atoms with Crippen molar-refractivity contribution in [3.8, 4) is 0 Å². The fourth-order valence-electron chi connectivity index (χ4n) is 2.04. The molecule has 0 saturated heterocycles. The summed E-state index contributed by atoms with van der Waals surface area (Å²) in [5.41, 5.74) is 2.79. The minimum atomic E-state index is 0.620. The molecule has 0 bridgehead atoms. The molecule has 1 heteroatoms. The van der Waals surface area contributed by atoms with E-state index in [0.717, 1.165) is 0 Å². The lowest BCUT2D eigenvalue weighted by atomic mass is 9.89. The molecule has 2 atom stereocenters. The molecule has 12 heavy (non-hydrogen) atoms. The summed E-state index contributed by atoms with van der Waals surface area (Å²) in [4.78, 5) is 0. The van der Waals surface area contributed by atoms with E-state index in [4.69, 9.17) is 0 Å². The lowest BCUT2D eigenvalue weighted by Gasteiger charge is -2.28. The fraction of sp³-hybridized carbons (Fsp3) is 0.455. The zero-order valence-corrected chi connectivity index (χ0v) is 7.67. The molecule has 1 aliphatic heterocycles. The Morgan fingerprint density at radius 3 is 2.83 bits per heavy atom. The van der Waals surface area contributed by atoms with Gasteiger partial charge in [0.1, 0.15) is 0 Å². The molecule has 0 aromatic heterocycles. The molecular weight excluding hydrogens is 146 g/mol. The molecule has 0 radical (unpaired) electrons. The summed E-state index contributed by atoms with van der Waals surface area (Å²) in [6.07, 6.45) is 1.25. The molecule has 0 unspecified atom stereocenters. The maximum Gasteiger partial charge on any atom is 0.0377 e. The molecule has 0 spiro atoms. The van der Waals surface area contributed by atoms with Gasteiger partial charge in [-0.3, -0.25) is 0 Å². The van der Waals surface area contributed by atoms with Gasteiger partial charge in [0.15, 0.2) is 0 Å². The Morgan fingerprint density at radius 1 is 1.25 bits per heavy atom. The fourth-order valence-corrected chi connectivity index (χ4v) is 2.04. The van der Waals surface area contributed by atoms with Gasteiger partial charge in [-0.1, -0.05) is 25.1 Å². The van der Waals surface area contributed by atoms with E-state index < -0.39 is 0 Å². The summed E-state index contributed by atoms with van der Waals surface area (Å²) in [7, 11) is 0. The van der Waals surface area contributed by atoms with E-state index in [1.807, 2.05) is 0 Å². The predicted octanol–water partition coefficient (Wildman–Crippen LogP) is 2.99. The van der Waals surface area contributed by atoms with Gasteiger partial charge < -0.3 is 5.32 Å². The van der Waals surface area contributed by atoms with Crippen molar-refractivity contribution in [3.63, 3.8) is 0 Å². The SMILES string of the molecule is C[C@@H]1C[C@H](C)Nc2ccccc21. The van der Waals surface area contributed by atoms with Crippen LogP contribution < -0.4 is 5.32 Å². The Balaban J connectivity index is 2.40. The molecule has 1 aromatic carbocycles. The number of benzene rings is 1. The topological polar surface area (TPSA) is 12.0 Å². The maximum atomic E-state index is 3.49. The van der Waals surface area contributed by atoms with Crippen molar-refractivity contribution in [2.24, 2.45) is 0 Å². The van der Waals surface area contributed by atoms with Crippen molar-refractivity contribution >= 4 is 5.69 Å². The number of anilines is 1. The maximum absolute atomic E-state index is 3.49. The minimum Gasteiger partial charge on any atom is -0.382 e. The Labute approximate surface area is 73.8 Å². The summed E-state index contributed by atoms with van der Waals surface area (Å²) in [6.45, 7) is 4.54. The van der Waals surface area contributed by atoms with E-state index in [0.29, 0.717) is 12.0 Å². The summed E-state index contributed by atoms with van der Waals surface area (Å²) < 4.78 is 0. The second-order valence-corrected chi connectivity index (χ2v) is 3.77. The van der Waals surface area contributed by atoms with Gasteiger partial charge in [-0.15, -0.1) is 0 Å². The number of rotatable bonds is 0. The zero-order chi connectivity index (χ0) is 8.55. The number of fused-ring (bicyclic) bond motifs is 1. The van der Waals surface area contributed by atoms with Crippen LogP contribution in [0.4, 0.5) is 5.69 Å². The van der Waals surface area contributed by atoms with Crippen LogP contribution in [0.3, 0.4) is 0 Å². The molecule has 0 aliphatic carbocycles. The monoisotopic (exact) mass is 161 g/mol. The molecule has 1 N–H and O–H groups in total. The first-order valence-electron chi connectivity index (χ1n) is 4.63. The second kappa shape index (κ2) is 2.81. The van der Waals surface area contributed by atoms with Gasteiger partial charge in [-0.05, 0) is 30.9 Å². The predicted molar refractivity (Wildman–Crippen MR) is 52.6 cm³/mol. The van der Waals surface area contributed by atoms with Crippen molar-refractivity contribution in [1.29, 1.82) is 0 Å². The highest BCUT2D eigenvalue weighted by Gasteiger charge is 2.19. The molecule has 2 rings (SSSR count).